The molecule has 4 heteroatoms. The lowest BCUT2D eigenvalue weighted by molar-refractivity contribution is 0.433. The predicted molar refractivity (Wildman–Crippen MR) is 80.7 cm³/mol. The molecule has 0 aliphatic rings. The summed E-state index contributed by atoms with van der Waals surface area (Å²) in [6.45, 7) is 3.11. The Bertz CT molecular complexity index is 493. The Morgan fingerprint density at radius 2 is 1.83 bits per heavy atom. The van der Waals surface area contributed by atoms with Crippen molar-refractivity contribution in [2.45, 2.75) is 19.4 Å². The molecule has 0 aliphatic heterocycles. The largest absolute Gasteiger partial charge is 0.452 e. The SMILES string of the molecule is CCCNC(c1ccc(Br)cc1)c1ccc(Br)o1. The maximum atomic E-state index is 5.67. The summed E-state index contributed by atoms with van der Waals surface area (Å²) in [5.41, 5.74) is 1.20. The normalized spacial score (nSPS) is 12.6. The number of halogens is 2. The smallest absolute Gasteiger partial charge is 0.169 e. The van der Waals surface area contributed by atoms with Crippen LogP contribution in [0.4, 0.5) is 0 Å². The van der Waals surface area contributed by atoms with Crippen LogP contribution in [-0.2, 0) is 0 Å². The molecule has 0 saturated heterocycles. The van der Waals surface area contributed by atoms with Crippen LogP contribution in [0.2, 0.25) is 0 Å². The van der Waals surface area contributed by atoms with Crippen molar-refractivity contribution in [1.29, 1.82) is 0 Å². The average molecular weight is 373 g/mol. The van der Waals surface area contributed by atoms with Gasteiger partial charge >= 0.3 is 0 Å². The van der Waals surface area contributed by atoms with Gasteiger partial charge in [-0.05, 0) is 58.7 Å². The molecule has 96 valence electrons. The molecular formula is C14H15Br2NO. The van der Waals surface area contributed by atoms with Gasteiger partial charge in [0.1, 0.15) is 5.76 Å². The highest BCUT2D eigenvalue weighted by Gasteiger charge is 2.16. The molecule has 2 aromatic rings. The van der Waals surface area contributed by atoms with Crippen molar-refractivity contribution in [3.63, 3.8) is 0 Å². The van der Waals surface area contributed by atoms with E-state index < -0.39 is 0 Å². The van der Waals surface area contributed by atoms with E-state index in [1.54, 1.807) is 0 Å². The van der Waals surface area contributed by atoms with Gasteiger partial charge in [0.25, 0.3) is 0 Å². The zero-order valence-corrected chi connectivity index (χ0v) is 13.3. The third-order valence-electron chi connectivity index (χ3n) is 2.68. The fourth-order valence-corrected chi connectivity index (χ4v) is 2.39. The Labute approximate surface area is 124 Å². The highest BCUT2D eigenvalue weighted by molar-refractivity contribution is 9.10. The van der Waals surface area contributed by atoms with Crippen LogP contribution in [-0.4, -0.2) is 6.54 Å². The third kappa shape index (κ3) is 3.46. The maximum absolute atomic E-state index is 5.67. The second-order valence-electron chi connectivity index (χ2n) is 4.08. The van der Waals surface area contributed by atoms with Crippen LogP contribution < -0.4 is 5.32 Å². The monoisotopic (exact) mass is 371 g/mol. The van der Waals surface area contributed by atoms with Gasteiger partial charge in [-0.2, -0.15) is 0 Å². The third-order valence-corrected chi connectivity index (χ3v) is 3.64. The zero-order chi connectivity index (χ0) is 13.0. The van der Waals surface area contributed by atoms with Crippen LogP contribution in [0.1, 0.15) is 30.7 Å². The molecule has 0 bridgehead atoms. The van der Waals surface area contributed by atoms with Crippen LogP contribution in [0.5, 0.6) is 0 Å². The summed E-state index contributed by atoms with van der Waals surface area (Å²) < 4.78 is 7.52. The van der Waals surface area contributed by atoms with Crippen LogP contribution in [0.25, 0.3) is 0 Å². The molecule has 1 heterocycles. The summed E-state index contributed by atoms with van der Waals surface area (Å²) in [4.78, 5) is 0. The topological polar surface area (TPSA) is 25.2 Å². The van der Waals surface area contributed by atoms with E-state index >= 15 is 0 Å². The second kappa shape index (κ2) is 6.55. The van der Waals surface area contributed by atoms with Gasteiger partial charge in [-0.15, -0.1) is 0 Å². The Balaban J connectivity index is 2.27. The van der Waals surface area contributed by atoms with E-state index in [1.165, 1.54) is 5.56 Å². The lowest BCUT2D eigenvalue weighted by Crippen LogP contribution is -2.22. The van der Waals surface area contributed by atoms with Gasteiger partial charge in [0, 0.05) is 4.47 Å². The molecule has 0 radical (unpaired) electrons. The van der Waals surface area contributed by atoms with Gasteiger partial charge in [0.05, 0.1) is 6.04 Å². The molecule has 2 rings (SSSR count). The minimum absolute atomic E-state index is 0.101. The fraction of sp³-hybridized carbons (Fsp3) is 0.286. The first-order valence-electron chi connectivity index (χ1n) is 5.94. The summed E-state index contributed by atoms with van der Waals surface area (Å²) in [5.74, 6) is 0.928. The molecule has 0 fully saturated rings. The van der Waals surface area contributed by atoms with Gasteiger partial charge in [0.2, 0.25) is 0 Å². The molecule has 0 saturated carbocycles. The van der Waals surface area contributed by atoms with Crippen molar-refractivity contribution in [3.05, 3.63) is 56.9 Å². The van der Waals surface area contributed by atoms with Gasteiger partial charge in [-0.1, -0.05) is 35.0 Å². The van der Waals surface area contributed by atoms with E-state index in [4.69, 9.17) is 4.42 Å². The van der Waals surface area contributed by atoms with Crippen molar-refractivity contribution >= 4 is 31.9 Å². The van der Waals surface area contributed by atoms with Crippen molar-refractivity contribution in [2.24, 2.45) is 0 Å². The fourth-order valence-electron chi connectivity index (χ4n) is 1.81. The summed E-state index contributed by atoms with van der Waals surface area (Å²) in [6.07, 6.45) is 1.09. The molecule has 0 aliphatic carbocycles. The number of benzene rings is 1. The highest BCUT2D eigenvalue weighted by atomic mass is 79.9. The summed E-state index contributed by atoms with van der Waals surface area (Å²) in [5, 5.41) is 3.50. The summed E-state index contributed by atoms with van der Waals surface area (Å²) >= 11 is 6.81. The van der Waals surface area contributed by atoms with Gasteiger partial charge in [-0.3, -0.25) is 0 Å². The van der Waals surface area contributed by atoms with Crippen molar-refractivity contribution in [3.8, 4) is 0 Å². The first-order chi connectivity index (χ1) is 8.70. The molecule has 0 amide bonds. The minimum Gasteiger partial charge on any atom is -0.452 e. The van der Waals surface area contributed by atoms with Crippen molar-refractivity contribution in [2.75, 3.05) is 6.54 Å². The maximum Gasteiger partial charge on any atom is 0.169 e. The molecule has 1 aromatic carbocycles. The molecule has 1 atom stereocenters. The average Bonchev–Trinajstić information content (AvgIpc) is 2.78. The van der Waals surface area contributed by atoms with Crippen LogP contribution >= 0.6 is 31.9 Å². The van der Waals surface area contributed by atoms with Crippen molar-refractivity contribution < 1.29 is 4.42 Å². The Kier molecular flexibility index (Phi) is 5.03. The van der Waals surface area contributed by atoms with Gasteiger partial charge < -0.3 is 9.73 Å². The zero-order valence-electron chi connectivity index (χ0n) is 10.1. The number of hydrogen-bond acceptors (Lipinski definition) is 2. The molecule has 1 unspecified atom stereocenters. The van der Waals surface area contributed by atoms with Gasteiger partial charge in [-0.25, -0.2) is 0 Å². The van der Waals surface area contributed by atoms with E-state index in [9.17, 15) is 0 Å². The van der Waals surface area contributed by atoms with Crippen LogP contribution in [0, 0.1) is 0 Å². The van der Waals surface area contributed by atoms with E-state index in [-0.39, 0.29) is 6.04 Å². The number of hydrogen-bond donors (Lipinski definition) is 1. The van der Waals surface area contributed by atoms with E-state index in [0.717, 1.165) is 27.9 Å². The van der Waals surface area contributed by atoms with E-state index in [1.807, 2.05) is 24.3 Å². The first kappa shape index (κ1) is 13.8. The lowest BCUT2D eigenvalue weighted by atomic mass is 10.0. The van der Waals surface area contributed by atoms with Crippen LogP contribution in [0.15, 0.2) is 50.0 Å². The van der Waals surface area contributed by atoms with E-state index in [2.05, 4.69) is 56.2 Å². The minimum atomic E-state index is 0.101. The van der Waals surface area contributed by atoms with Gasteiger partial charge in [0.15, 0.2) is 4.67 Å². The quantitative estimate of drug-likeness (QED) is 0.807. The summed E-state index contributed by atoms with van der Waals surface area (Å²) in [6, 6.07) is 12.3. The lowest BCUT2D eigenvalue weighted by Gasteiger charge is -2.16. The summed E-state index contributed by atoms with van der Waals surface area (Å²) in [7, 11) is 0. The molecule has 2 nitrogen and oxygen atoms in total. The number of furan rings is 1. The van der Waals surface area contributed by atoms with Crippen molar-refractivity contribution in [1.82, 2.24) is 5.32 Å². The Hall–Kier alpha value is -0.580. The standard InChI is InChI=1S/C14H15Br2NO/c1-2-9-17-14(12-7-8-13(16)18-12)10-3-5-11(15)6-4-10/h3-8,14,17H,2,9H2,1H3. The molecular weight excluding hydrogens is 358 g/mol. The Morgan fingerprint density at radius 1 is 1.11 bits per heavy atom. The predicted octanol–water partition coefficient (Wildman–Crippen LogP) is 4.89. The molecule has 1 N–H and O–H groups in total. The van der Waals surface area contributed by atoms with E-state index in [0.29, 0.717) is 0 Å². The number of rotatable bonds is 5. The highest BCUT2D eigenvalue weighted by Crippen LogP contribution is 2.27. The molecule has 1 aromatic heterocycles. The first-order valence-corrected chi connectivity index (χ1v) is 7.53. The molecule has 0 spiro atoms. The second-order valence-corrected chi connectivity index (χ2v) is 5.78. The Morgan fingerprint density at radius 3 is 2.39 bits per heavy atom. The van der Waals surface area contributed by atoms with Crippen LogP contribution in [0.3, 0.4) is 0 Å². The number of nitrogens with one attached hydrogen (secondary N) is 1. The molecule has 18 heavy (non-hydrogen) atoms.